The molecule has 0 unspecified atom stereocenters. The average Bonchev–Trinajstić information content (AvgIpc) is 3.43. The zero-order valence-electron chi connectivity index (χ0n) is 18.9. The van der Waals surface area contributed by atoms with E-state index in [1.54, 1.807) is 25.3 Å². The lowest BCUT2D eigenvalue weighted by Crippen LogP contribution is -2.28. The van der Waals surface area contributed by atoms with Crippen molar-refractivity contribution in [3.05, 3.63) is 83.8 Å². The normalized spacial score (nSPS) is 10.9. The quantitative estimate of drug-likeness (QED) is 0.337. The summed E-state index contributed by atoms with van der Waals surface area (Å²) in [7, 11) is 3.43. The molecular formula is C25H26N4O3S. The standard InChI is InChI=1S/C25H26N4O3S/c1-18-21(13-14-32-18)24-26-27-25(29(24)15-19-9-5-4-6-10-19)33-17-23(30)28(2)16-20-11-7-8-12-22(20)31-3/h4-14H,15-17H2,1-3H3. The molecule has 4 aromatic rings. The highest BCUT2D eigenvalue weighted by molar-refractivity contribution is 7.99. The van der Waals surface area contributed by atoms with Gasteiger partial charge in [-0.15, -0.1) is 10.2 Å². The second-order valence-electron chi connectivity index (χ2n) is 7.62. The van der Waals surface area contributed by atoms with Gasteiger partial charge in [-0.05, 0) is 24.6 Å². The zero-order chi connectivity index (χ0) is 23.2. The summed E-state index contributed by atoms with van der Waals surface area (Å²) in [6.45, 7) is 2.97. The first-order valence-corrected chi connectivity index (χ1v) is 11.6. The van der Waals surface area contributed by atoms with Gasteiger partial charge in [0.1, 0.15) is 11.5 Å². The van der Waals surface area contributed by atoms with Crippen LogP contribution >= 0.6 is 11.8 Å². The number of benzene rings is 2. The molecule has 0 fully saturated rings. The van der Waals surface area contributed by atoms with Crippen molar-refractivity contribution >= 4 is 17.7 Å². The summed E-state index contributed by atoms with van der Waals surface area (Å²) < 4.78 is 12.9. The molecule has 170 valence electrons. The van der Waals surface area contributed by atoms with Crippen LogP contribution in [0.2, 0.25) is 0 Å². The maximum atomic E-state index is 12.9. The Balaban J connectivity index is 1.51. The number of aromatic nitrogens is 3. The second-order valence-corrected chi connectivity index (χ2v) is 8.56. The Morgan fingerprint density at radius 1 is 1.09 bits per heavy atom. The van der Waals surface area contributed by atoms with E-state index in [-0.39, 0.29) is 11.7 Å². The molecule has 0 aliphatic carbocycles. The predicted molar refractivity (Wildman–Crippen MR) is 128 cm³/mol. The number of amides is 1. The predicted octanol–water partition coefficient (Wildman–Crippen LogP) is 4.65. The summed E-state index contributed by atoms with van der Waals surface area (Å²) in [6, 6.07) is 19.7. The van der Waals surface area contributed by atoms with Gasteiger partial charge in [0, 0.05) is 19.2 Å². The zero-order valence-corrected chi connectivity index (χ0v) is 19.7. The smallest absolute Gasteiger partial charge is 0.233 e. The summed E-state index contributed by atoms with van der Waals surface area (Å²) >= 11 is 1.38. The number of ether oxygens (including phenoxy) is 1. The Kier molecular flexibility index (Phi) is 7.14. The minimum atomic E-state index is 0.00112. The summed E-state index contributed by atoms with van der Waals surface area (Å²) in [5.74, 6) is 2.53. The Morgan fingerprint density at radius 2 is 1.85 bits per heavy atom. The highest BCUT2D eigenvalue weighted by Crippen LogP contribution is 2.28. The minimum absolute atomic E-state index is 0.00112. The Hall–Kier alpha value is -3.52. The van der Waals surface area contributed by atoms with Crippen LogP contribution in [-0.4, -0.2) is 45.5 Å². The molecule has 0 aliphatic heterocycles. The van der Waals surface area contributed by atoms with Crippen molar-refractivity contribution in [2.45, 2.75) is 25.2 Å². The van der Waals surface area contributed by atoms with Gasteiger partial charge >= 0.3 is 0 Å². The van der Waals surface area contributed by atoms with E-state index in [1.165, 1.54) is 11.8 Å². The minimum Gasteiger partial charge on any atom is -0.496 e. The number of methoxy groups -OCH3 is 1. The maximum Gasteiger partial charge on any atom is 0.233 e. The number of nitrogens with zero attached hydrogens (tertiary/aromatic N) is 4. The first-order valence-electron chi connectivity index (χ1n) is 10.6. The fourth-order valence-corrected chi connectivity index (χ4v) is 4.41. The third-order valence-corrected chi connectivity index (χ3v) is 6.30. The maximum absolute atomic E-state index is 12.9. The van der Waals surface area contributed by atoms with Crippen LogP contribution in [0.5, 0.6) is 5.75 Å². The molecule has 0 bridgehead atoms. The highest BCUT2D eigenvalue weighted by atomic mass is 32.2. The number of thioether (sulfide) groups is 1. The number of aryl methyl sites for hydroxylation is 1. The van der Waals surface area contributed by atoms with Crippen LogP contribution in [0.25, 0.3) is 11.4 Å². The van der Waals surface area contributed by atoms with E-state index >= 15 is 0 Å². The van der Waals surface area contributed by atoms with Crippen molar-refractivity contribution in [2.24, 2.45) is 0 Å². The fraction of sp³-hybridized carbons (Fsp3) is 0.240. The average molecular weight is 463 g/mol. The van der Waals surface area contributed by atoms with Crippen LogP contribution in [0.1, 0.15) is 16.9 Å². The number of rotatable bonds is 9. The number of hydrogen-bond donors (Lipinski definition) is 0. The summed E-state index contributed by atoms with van der Waals surface area (Å²) in [6.07, 6.45) is 1.65. The van der Waals surface area contributed by atoms with Gasteiger partial charge in [-0.1, -0.05) is 60.3 Å². The van der Waals surface area contributed by atoms with Crippen LogP contribution in [0.15, 0.2) is 76.5 Å². The molecule has 0 aliphatic rings. The van der Waals surface area contributed by atoms with Crippen molar-refractivity contribution < 1.29 is 13.9 Å². The lowest BCUT2D eigenvalue weighted by molar-refractivity contribution is -0.127. The molecular weight excluding hydrogens is 436 g/mol. The number of carbonyl (C=O) groups excluding carboxylic acids is 1. The van der Waals surface area contributed by atoms with Gasteiger partial charge in [-0.3, -0.25) is 9.36 Å². The lowest BCUT2D eigenvalue weighted by Gasteiger charge is -2.18. The summed E-state index contributed by atoms with van der Waals surface area (Å²) in [4.78, 5) is 14.6. The lowest BCUT2D eigenvalue weighted by atomic mass is 10.2. The van der Waals surface area contributed by atoms with Crippen LogP contribution in [0, 0.1) is 6.92 Å². The van der Waals surface area contributed by atoms with Gasteiger partial charge in [-0.25, -0.2) is 0 Å². The van der Waals surface area contributed by atoms with Crippen LogP contribution in [0.4, 0.5) is 0 Å². The Labute approximate surface area is 197 Å². The Morgan fingerprint density at radius 3 is 2.58 bits per heavy atom. The van der Waals surface area contributed by atoms with Gasteiger partial charge < -0.3 is 14.1 Å². The molecule has 33 heavy (non-hydrogen) atoms. The van der Waals surface area contributed by atoms with Crippen molar-refractivity contribution in [2.75, 3.05) is 19.9 Å². The molecule has 0 saturated carbocycles. The molecule has 0 radical (unpaired) electrons. The third-order valence-electron chi connectivity index (χ3n) is 5.35. The number of carbonyl (C=O) groups is 1. The molecule has 1 amide bonds. The van der Waals surface area contributed by atoms with Crippen molar-refractivity contribution in [3.63, 3.8) is 0 Å². The Bertz CT molecular complexity index is 1220. The molecule has 0 N–H and O–H groups in total. The molecule has 0 atom stereocenters. The van der Waals surface area contributed by atoms with Crippen molar-refractivity contribution in [3.8, 4) is 17.1 Å². The molecule has 0 spiro atoms. The summed E-state index contributed by atoms with van der Waals surface area (Å²) in [5.41, 5.74) is 2.98. The third kappa shape index (κ3) is 5.28. The van der Waals surface area contributed by atoms with Gasteiger partial charge in [0.2, 0.25) is 5.91 Å². The SMILES string of the molecule is COc1ccccc1CN(C)C(=O)CSc1nnc(-c2ccoc2C)n1Cc1ccccc1. The van der Waals surface area contributed by atoms with Crippen molar-refractivity contribution in [1.82, 2.24) is 19.7 Å². The van der Waals surface area contributed by atoms with Crippen LogP contribution in [0.3, 0.4) is 0 Å². The van der Waals surface area contributed by atoms with E-state index in [1.807, 2.05) is 60.0 Å². The van der Waals surface area contributed by atoms with Gasteiger partial charge in [0.25, 0.3) is 0 Å². The van der Waals surface area contributed by atoms with E-state index in [2.05, 4.69) is 22.3 Å². The first-order chi connectivity index (χ1) is 16.1. The molecule has 8 heteroatoms. The van der Waals surface area contributed by atoms with Gasteiger partial charge in [-0.2, -0.15) is 0 Å². The summed E-state index contributed by atoms with van der Waals surface area (Å²) in [5, 5.41) is 9.50. The van der Waals surface area contributed by atoms with E-state index in [4.69, 9.17) is 9.15 Å². The molecule has 2 aromatic carbocycles. The molecule has 2 heterocycles. The monoisotopic (exact) mass is 462 g/mol. The highest BCUT2D eigenvalue weighted by Gasteiger charge is 2.20. The van der Waals surface area contributed by atoms with Crippen molar-refractivity contribution in [1.29, 1.82) is 0 Å². The first kappa shape index (κ1) is 22.7. The van der Waals surface area contributed by atoms with E-state index < -0.39 is 0 Å². The fourth-order valence-electron chi connectivity index (χ4n) is 3.53. The largest absolute Gasteiger partial charge is 0.496 e. The number of hydrogen-bond acceptors (Lipinski definition) is 6. The van der Waals surface area contributed by atoms with Gasteiger partial charge in [0.15, 0.2) is 11.0 Å². The van der Waals surface area contributed by atoms with E-state index in [0.717, 1.165) is 34.0 Å². The molecule has 2 aromatic heterocycles. The van der Waals surface area contributed by atoms with Crippen LogP contribution < -0.4 is 4.74 Å². The molecule has 7 nitrogen and oxygen atoms in total. The molecule has 0 saturated heterocycles. The van der Waals surface area contributed by atoms with E-state index in [9.17, 15) is 4.79 Å². The molecule has 4 rings (SSSR count). The van der Waals surface area contributed by atoms with E-state index in [0.29, 0.717) is 18.2 Å². The number of furan rings is 1. The van der Waals surface area contributed by atoms with Crippen LogP contribution in [-0.2, 0) is 17.9 Å². The second kappa shape index (κ2) is 10.4. The topological polar surface area (TPSA) is 73.4 Å². The number of para-hydroxylation sites is 1. The van der Waals surface area contributed by atoms with Gasteiger partial charge in [0.05, 0.1) is 31.2 Å².